The van der Waals surface area contributed by atoms with Crippen molar-refractivity contribution in [1.29, 1.82) is 0 Å². The van der Waals surface area contributed by atoms with Gasteiger partial charge in [0.25, 0.3) is 0 Å². The minimum atomic E-state index is -1.76. The van der Waals surface area contributed by atoms with Crippen molar-refractivity contribution in [3.63, 3.8) is 0 Å². The summed E-state index contributed by atoms with van der Waals surface area (Å²) in [6.07, 6.45) is -0.984. The molecule has 6 heteroatoms. The fourth-order valence-electron chi connectivity index (χ4n) is 0.835. The molecular formula is C8H10O6. The Bertz CT molecular complexity index is 280. The van der Waals surface area contributed by atoms with Gasteiger partial charge in [-0.1, -0.05) is 6.92 Å². The van der Waals surface area contributed by atoms with E-state index in [-0.39, 0.29) is 6.42 Å². The van der Waals surface area contributed by atoms with E-state index in [1.807, 2.05) is 0 Å². The standard InChI is InChI=1S/C8H10O6/c1-2-5(9)7(12)4(8(13)14)3-6(10)11/h4H,2-3H2,1H3,(H,10,11)(H,13,14). The second-order valence-corrected chi connectivity index (χ2v) is 2.63. The van der Waals surface area contributed by atoms with Crippen LogP contribution in [0.3, 0.4) is 0 Å². The molecule has 2 N–H and O–H groups in total. The molecule has 0 saturated heterocycles. The van der Waals surface area contributed by atoms with Crippen LogP contribution in [0.1, 0.15) is 19.8 Å². The summed E-state index contributed by atoms with van der Waals surface area (Å²) in [6, 6.07) is 0. The van der Waals surface area contributed by atoms with Gasteiger partial charge in [-0.2, -0.15) is 0 Å². The Balaban J connectivity index is 4.66. The summed E-state index contributed by atoms with van der Waals surface area (Å²) >= 11 is 0. The Labute approximate surface area is 79.5 Å². The van der Waals surface area contributed by atoms with Gasteiger partial charge < -0.3 is 10.2 Å². The topological polar surface area (TPSA) is 109 Å². The van der Waals surface area contributed by atoms with E-state index in [0.29, 0.717) is 0 Å². The molecule has 0 amide bonds. The van der Waals surface area contributed by atoms with Crippen molar-refractivity contribution >= 4 is 23.5 Å². The molecule has 78 valence electrons. The number of ketones is 2. The SMILES string of the molecule is CCC(=O)C(=O)C(CC(=O)O)C(=O)O. The van der Waals surface area contributed by atoms with E-state index in [2.05, 4.69) is 0 Å². The second kappa shape index (κ2) is 5.11. The molecule has 0 aliphatic carbocycles. The summed E-state index contributed by atoms with van der Waals surface area (Å²) in [7, 11) is 0. The van der Waals surface area contributed by atoms with Gasteiger partial charge in [0.05, 0.1) is 6.42 Å². The highest BCUT2D eigenvalue weighted by molar-refractivity contribution is 6.41. The van der Waals surface area contributed by atoms with Gasteiger partial charge in [-0.15, -0.1) is 0 Å². The Morgan fingerprint density at radius 2 is 1.64 bits per heavy atom. The van der Waals surface area contributed by atoms with Gasteiger partial charge in [-0.25, -0.2) is 0 Å². The molecule has 0 aromatic heterocycles. The van der Waals surface area contributed by atoms with Crippen molar-refractivity contribution in [3.8, 4) is 0 Å². The average molecular weight is 202 g/mol. The van der Waals surface area contributed by atoms with Gasteiger partial charge in [0.15, 0.2) is 5.78 Å². The fraction of sp³-hybridized carbons (Fsp3) is 0.500. The molecule has 6 nitrogen and oxygen atoms in total. The van der Waals surface area contributed by atoms with Crippen molar-refractivity contribution in [2.75, 3.05) is 0 Å². The molecule has 0 spiro atoms. The molecule has 0 aliphatic heterocycles. The maximum atomic E-state index is 11.1. The zero-order valence-electron chi connectivity index (χ0n) is 7.52. The molecule has 0 saturated carbocycles. The van der Waals surface area contributed by atoms with Crippen LogP contribution in [-0.4, -0.2) is 33.7 Å². The summed E-state index contributed by atoms with van der Waals surface area (Å²) in [5.74, 6) is -6.78. The minimum Gasteiger partial charge on any atom is -0.481 e. The second-order valence-electron chi connectivity index (χ2n) is 2.63. The van der Waals surface area contributed by atoms with Crippen LogP contribution in [0.5, 0.6) is 0 Å². The smallest absolute Gasteiger partial charge is 0.315 e. The molecule has 0 heterocycles. The molecule has 0 fully saturated rings. The van der Waals surface area contributed by atoms with E-state index < -0.39 is 35.8 Å². The van der Waals surface area contributed by atoms with Crippen molar-refractivity contribution in [1.82, 2.24) is 0 Å². The first-order valence-electron chi connectivity index (χ1n) is 3.91. The van der Waals surface area contributed by atoms with Crippen LogP contribution in [0.2, 0.25) is 0 Å². The molecule has 0 rings (SSSR count). The van der Waals surface area contributed by atoms with E-state index >= 15 is 0 Å². The zero-order chi connectivity index (χ0) is 11.3. The molecule has 0 aromatic rings. The van der Waals surface area contributed by atoms with E-state index in [1.165, 1.54) is 6.92 Å². The number of Topliss-reactive ketones (excluding diaryl/α,β-unsaturated/α-hetero) is 2. The molecule has 14 heavy (non-hydrogen) atoms. The molecule has 0 aliphatic rings. The quantitative estimate of drug-likeness (QED) is 0.452. The van der Waals surface area contributed by atoms with Gasteiger partial charge >= 0.3 is 11.9 Å². The largest absolute Gasteiger partial charge is 0.481 e. The van der Waals surface area contributed by atoms with Crippen LogP contribution in [0.4, 0.5) is 0 Å². The Morgan fingerprint density at radius 3 is 1.93 bits per heavy atom. The van der Waals surface area contributed by atoms with Crippen LogP contribution in [0.15, 0.2) is 0 Å². The normalized spacial score (nSPS) is 11.8. The van der Waals surface area contributed by atoms with Gasteiger partial charge in [0.1, 0.15) is 5.92 Å². The molecule has 1 unspecified atom stereocenters. The third-order valence-corrected chi connectivity index (χ3v) is 1.59. The van der Waals surface area contributed by atoms with Gasteiger partial charge in [-0.05, 0) is 0 Å². The number of hydrogen-bond donors (Lipinski definition) is 2. The summed E-state index contributed by atoms with van der Waals surface area (Å²) in [6.45, 7) is 1.40. The van der Waals surface area contributed by atoms with Gasteiger partial charge in [0, 0.05) is 6.42 Å². The lowest BCUT2D eigenvalue weighted by Gasteiger charge is -2.06. The Hall–Kier alpha value is -1.72. The Morgan fingerprint density at radius 1 is 1.14 bits per heavy atom. The molecular weight excluding hydrogens is 192 g/mol. The lowest BCUT2D eigenvalue weighted by atomic mass is 9.96. The number of carbonyl (C=O) groups excluding carboxylic acids is 2. The highest BCUT2D eigenvalue weighted by Gasteiger charge is 2.32. The monoisotopic (exact) mass is 202 g/mol. The van der Waals surface area contributed by atoms with Crippen LogP contribution in [0.25, 0.3) is 0 Å². The highest BCUT2D eigenvalue weighted by atomic mass is 16.4. The van der Waals surface area contributed by atoms with Crippen molar-refractivity contribution in [2.45, 2.75) is 19.8 Å². The third kappa shape index (κ3) is 3.34. The molecule has 0 aromatic carbocycles. The maximum absolute atomic E-state index is 11.1. The van der Waals surface area contributed by atoms with E-state index in [9.17, 15) is 19.2 Å². The summed E-state index contributed by atoms with van der Waals surface area (Å²) in [5.41, 5.74) is 0. The number of hydrogen-bond acceptors (Lipinski definition) is 4. The number of carboxylic acids is 2. The number of aliphatic carboxylic acids is 2. The summed E-state index contributed by atoms with van der Waals surface area (Å²) in [4.78, 5) is 42.6. The fourth-order valence-corrected chi connectivity index (χ4v) is 0.835. The summed E-state index contributed by atoms with van der Waals surface area (Å²) in [5, 5.41) is 16.8. The number of carboxylic acid groups (broad SMARTS) is 2. The first-order valence-corrected chi connectivity index (χ1v) is 3.91. The number of carbonyl (C=O) groups is 4. The predicted molar refractivity (Wildman–Crippen MR) is 43.7 cm³/mol. The summed E-state index contributed by atoms with van der Waals surface area (Å²) < 4.78 is 0. The minimum absolute atomic E-state index is 0.123. The number of rotatable bonds is 6. The van der Waals surface area contributed by atoms with Crippen LogP contribution >= 0.6 is 0 Å². The maximum Gasteiger partial charge on any atom is 0.315 e. The van der Waals surface area contributed by atoms with E-state index in [0.717, 1.165) is 0 Å². The lowest BCUT2D eigenvalue weighted by molar-refractivity contribution is -0.154. The van der Waals surface area contributed by atoms with Crippen LogP contribution in [0, 0.1) is 5.92 Å². The molecule has 1 atom stereocenters. The average Bonchev–Trinajstić information content (AvgIpc) is 2.11. The van der Waals surface area contributed by atoms with Crippen molar-refractivity contribution in [3.05, 3.63) is 0 Å². The lowest BCUT2D eigenvalue weighted by Crippen LogP contribution is -2.31. The molecule has 0 radical (unpaired) electrons. The van der Waals surface area contributed by atoms with E-state index in [4.69, 9.17) is 10.2 Å². The van der Waals surface area contributed by atoms with Crippen molar-refractivity contribution in [2.24, 2.45) is 5.92 Å². The predicted octanol–water partition coefficient (Wildman–Crippen LogP) is -0.290. The van der Waals surface area contributed by atoms with Crippen molar-refractivity contribution < 1.29 is 29.4 Å². The van der Waals surface area contributed by atoms with Gasteiger partial charge in [-0.3, -0.25) is 19.2 Å². The van der Waals surface area contributed by atoms with Crippen LogP contribution < -0.4 is 0 Å². The molecule has 0 bridgehead atoms. The van der Waals surface area contributed by atoms with Crippen LogP contribution in [-0.2, 0) is 19.2 Å². The van der Waals surface area contributed by atoms with Gasteiger partial charge in [0.2, 0.25) is 5.78 Å². The third-order valence-electron chi connectivity index (χ3n) is 1.59. The van der Waals surface area contributed by atoms with E-state index in [1.54, 1.807) is 0 Å². The Kier molecular flexibility index (Phi) is 4.48. The first kappa shape index (κ1) is 12.3. The zero-order valence-corrected chi connectivity index (χ0v) is 7.52. The first-order chi connectivity index (χ1) is 6.40. The highest BCUT2D eigenvalue weighted by Crippen LogP contribution is 2.07.